The molecule has 0 spiro atoms. The molecule has 0 atom stereocenters. The molecular weight excluding hydrogens is 394 g/mol. The van der Waals surface area contributed by atoms with E-state index < -0.39 is 5.60 Å². The smallest absolute Gasteiger partial charge is 0.149 e. The van der Waals surface area contributed by atoms with Crippen LogP contribution in [0.1, 0.15) is 41.5 Å². The zero-order chi connectivity index (χ0) is 20.3. The minimum atomic E-state index is -1.30. The summed E-state index contributed by atoms with van der Waals surface area (Å²) in [4.78, 5) is 2.41. The lowest BCUT2D eigenvalue weighted by Gasteiger charge is -2.36. The molecule has 3 aromatic carbocycles. The van der Waals surface area contributed by atoms with E-state index in [9.17, 15) is 5.11 Å². The van der Waals surface area contributed by atoms with Crippen LogP contribution in [0.4, 0.5) is 5.69 Å². The monoisotopic (exact) mass is 423 g/mol. The zero-order valence-corrected chi connectivity index (χ0v) is 18.5. The molecule has 1 saturated heterocycles. The van der Waals surface area contributed by atoms with Gasteiger partial charge in [-0.15, -0.1) is 12.4 Å². The van der Waals surface area contributed by atoms with Crippen LogP contribution in [0.25, 0.3) is 0 Å². The van der Waals surface area contributed by atoms with Crippen molar-refractivity contribution in [2.24, 2.45) is 0 Å². The van der Waals surface area contributed by atoms with E-state index >= 15 is 0 Å². The summed E-state index contributed by atoms with van der Waals surface area (Å²) in [5, 5.41) is 12.3. The number of benzene rings is 3. The van der Waals surface area contributed by atoms with Gasteiger partial charge in [0, 0.05) is 18.7 Å². The van der Waals surface area contributed by atoms with Crippen LogP contribution in [0.5, 0.6) is 5.75 Å². The molecule has 1 heterocycles. The quantitative estimate of drug-likeness (QED) is 0.534. The molecule has 30 heavy (non-hydrogen) atoms. The number of hydrogen-bond acceptors (Lipinski definition) is 3. The van der Waals surface area contributed by atoms with Crippen molar-refractivity contribution in [2.75, 3.05) is 25.1 Å². The SMILES string of the molecule is COc1c(C(O)(c2ccccc2)c2ccccc2)ccc(C)c1N1CCCCC1.Cl. The lowest BCUT2D eigenvalue weighted by atomic mass is 9.79. The average Bonchev–Trinajstić information content (AvgIpc) is 2.80. The van der Waals surface area contributed by atoms with Gasteiger partial charge in [0.05, 0.1) is 12.8 Å². The highest BCUT2D eigenvalue weighted by Gasteiger charge is 2.38. The molecule has 0 saturated carbocycles. The van der Waals surface area contributed by atoms with E-state index in [-0.39, 0.29) is 12.4 Å². The molecule has 1 fully saturated rings. The Hall–Kier alpha value is -2.49. The molecule has 0 aliphatic carbocycles. The normalized spacial score (nSPS) is 14.2. The maximum absolute atomic E-state index is 12.3. The Morgan fingerprint density at radius 3 is 1.83 bits per heavy atom. The van der Waals surface area contributed by atoms with Crippen molar-refractivity contribution in [3.63, 3.8) is 0 Å². The second-order valence-corrected chi connectivity index (χ2v) is 7.80. The Morgan fingerprint density at radius 2 is 1.33 bits per heavy atom. The van der Waals surface area contributed by atoms with Crippen molar-refractivity contribution in [2.45, 2.75) is 31.8 Å². The first-order valence-electron chi connectivity index (χ1n) is 10.4. The molecule has 158 valence electrons. The number of aliphatic hydroxyl groups is 1. The van der Waals surface area contributed by atoms with Crippen LogP contribution in [-0.2, 0) is 5.60 Å². The maximum atomic E-state index is 12.3. The van der Waals surface area contributed by atoms with E-state index in [0.29, 0.717) is 0 Å². The van der Waals surface area contributed by atoms with Gasteiger partial charge in [-0.25, -0.2) is 0 Å². The van der Waals surface area contributed by atoms with Gasteiger partial charge in [0.1, 0.15) is 11.4 Å². The Morgan fingerprint density at radius 1 is 0.800 bits per heavy atom. The van der Waals surface area contributed by atoms with Gasteiger partial charge in [0.2, 0.25) is 0 Å². The third-order valence-electron chi connectivity index (χ3n) is 5.98. The van der Waals surface area contributed by atoms with Crippen molar-refractivity contribution in [1.82, 2.24) is 0 Å². The lowest BCUT2D eigenvalue weighted by Crippen LogP contribution is -2.33. The predicted molar refractivity (Wildman–Crippen MR) is 126 cm³/mol. The van der Waals surface area contributed by atoms with E-state index in [1.807, 2.05) is 66.7 Å². The van der Waals surface area contributed by atoms with Crippen molar-refractivity contribution in [3.8, 4) is 5.75 Å². The van der Waals surface area contributed by atoms with Gasteiger partial charge >= 0.3 is 0 Å². The van der Waals surface area contributed by atoms with Crippen molar-refractivity contribution in [1.29, 1.82) is 0 Å². The number of piperidine rings is 1. The number of anilines is 1. The summed E-state index contributed by atoms with van der Waals surface area (Å²) in [6.07, 6.45) is 3.65. The minimum Gasteiger partial charge on any atom is -0.494 e. The lowest BCUT2D eigenvalue weighted by molar-refractivity contribution is 0.122. The maximum Gasteiger partial charge on any atom is 0.149 e. The second kappa shape index (κ2) is 9.55. The third kappa shape index (κ3) is 3.92. The molecule has 0 radical (unpaired) electrons. The summed E-state index contributed by atoms with van der Waals surface area (Å²) in [6.45, 7) is 4.17. The number of hydrogen-bond donors (Lipinski definition) is 1. The van der Waals surface area contributed by atoms with Gasteiger partial charge in [-0.2, -0.15) is 0 Å². The summed E-state index contributed by atoms with van der Waals surface area (Å²) >= 11 is 0. The highest BCUT2D eigenvalue weighted by atomic mass is 35.5. The summed E-state index contributed by atoms with van der Waals surface area (Å²) in [5.74, 6) is 0.766. The zero-order valence-electron chi connectivity index (χ0n) is 17.7. The first kappa shape index (κ1) is 22.2. The van der Waals surface area contributed by atoms with Crippen LogP contribution >= 0.6 is 12.4 Å². The summed E-state index contributed by atoms with van der Waals surface area (Å²) in [5.41, 5.74) is 3.43. The molecule has 1 aliphatic heterocycles. The Bertz CT molecular complexity index is 914. The average molecular weight is 424 g/mol. The summed E-state index contributed by atoms with van der Waals surface area (Å²) in [7, 11) is 1.71. The summed E-state index contributed by atoms with van der Waals surface area (Å²) in [6, 6.07) is 23.9. The van der Waals surface area contributed by atoms with Crippen molar-refractivity contribution < 1.29 is 9.84 Å². The molecular formula is C26H30ClNO2. The molecule has 0 bridgehead atoms. The summed E-state index contributed by atoms with van der Waals surface area (Å²) < 4.78 is 6.00. The van der Waals surface area contributed by atoms with Crippen LogP contribution < -0.4 is 9.64 Å². The number of halogens is 1. The number of ether oxygens (including phenoxy) is 1. The molecule has 0 aromatic heterocycles. The van der Waals surface area contributed by atoms with E-state index in [1.54, 1.807) is 7.11 Å². The van der Waals surface area contributed by atoms with Crippen LogP contribution in [0.3, 0.4) is 0 Å². The Kier molecular flexibility index (Phi) is 7.06. The topological polar surface area (TPSA) is 32.7 Å². The molecule has 3 nitrogen and oxygen atoms in total. The van der Waals surface area contributed by atoms with E-state index in [2.05, 4.69) is 17.9 Å². The van der Waals surface area contributed by atoms with Gasteiger partial charge < -0.3 is 14.7 Å². The Labute approximate surface area is 185 Å². The third-order valence-corrected chi connectivity index (χ3v) is 5.98. The number of nitrogens with zero attached hydrogens (tertiary/aromatic N) is 1. The van der Waals surface area contributed by atoms with E-state index in [4.69, 9.17) is 4.74 Å². The van der Waals surface area contributed by atoms with Crippen molar-refractivity contribution >= 4 is 18.1 Å². The van der Waals surface area contributed by atoms with Crippen LogP contribution in [-0.4, -0.2) is 25.3 Å². The highest BCUT2D eigenvalue weighted by molar-refractivity contribution is 5.85. The standard InChI is InChI=1S/C26H29NO2.ClH/c1-20-16-17-23(25(29-2)24(20)27-18-10-5-11-19-27)26(28,21-12-6-3-7-13-21)22-14-8-4-9-15-22;/h3-4,6-9,12-17,28H,5,10-11,18-19H2,1-2H3;1H. The van der Waals surface area contributed by atoms with Crippen LogP contribution in [0.15, 0.2) is 72.8 Å². The van der Waals surface area contributed by atoms with E-state index in [1.165, 1.54) is 24.8 Å². The van der Waals surface area contributed by atoms with Gasteiger partial charge in [0.25, 0.3) is 0 Å². The minimum absolute atomic E-state index is 0. The molecule has 1 aliphatic rings. The predicted octanol–water partition coefficient (Wildman–Crippen LogP) is 5.70. The molecule has 4 heteroatoms. The molecule has 4 rings (SSSR count). The highest BCUT2D eigenvalue weighted by Crippen LogP contribution is 2.46. The molecule has 0 amide bonds. The molecule has 0 unspecified atom stereocenters. The van der Waals surface area contributed by atoms with Gasteiger partial charge in [0.15, 0.2) is 0 Å². The fourth-order valence-electron chi connectivity index (χ4n) is 4.51. The van der Waals surface area contributed by atoms with E-state index in [0.717, 1.165) is 41.2 Å². The van der Waals surface area contributed by atoms with Gasteiger partial charge in [-0.3, -0.25) is 0 Å². The fourth-order valence-corrected chi connectivity index (χ4v) is 4.51. The number of methoxy groups -OCH3 is 1. The molecule has 1 N–H and O–H groups in total. The Balaban J connectivity index is 0.00000256. The second-order valence-electron chi connectivity index (χ2n) is 7.80. The molecule has 3 aromatic rings. The first-order valence-corrected chi connectivity index (χ1v) is 10.4. The fraction of sp³-hybridized carbons (Fsp3) is 0.308. The van der Waals surface area contributed by atoms with Crippen molar-refractivity contribution in [3.05, 3.63) is 95.1 Å². The first-order chi connectivity index (χ1) is 14.2. The largest absolute Gasteiger partial charge is 0.494 e. The van der Waals surface area contributed by atoms with Crippen LogP contribution in [0.2, 0.25) is 0 Å². The van der Waals surface area contributed by atoms with Crippen LogP contribution in [0, 0.1) is 6.92 Å². The number of rotatable bonds is 5. The van der Waals surface area contributed by atoms with Gasteiger partial charge in [-0.05, 0) is 42.9 Å². The van der Waals surface area contributed by atoms with Gasteiger partial charge in [-0.1, -0.05) is 72.8 Å². The number of aryl methyl sites for hydroxylation is 1.